The molecule has 0 unspecified atom stereocenters. The van der Waals surface area contributed by atoms with E-state index in [0.717, 1.165) is 11.1 Å². The lowest BCUT2D eigenvalue weighted by Gasteiger charge is -2.15. The third kappa shape index (κ3) is 4.18. The molecule has 0 bridgehead atoms. The Morgan fingerprint density at radius 1 is 0.920 bits per heavy atom. The first-order chi connectivity index (χ1) is 12.2. The summed E-state index contributed by atoms with van der Waals surface area (Å²) in [7, 11) is 1.60. The number of methoxy groups -OCH3 is 1. The van der Waals surface area contributed by atoms with E-state index in [1.807, 2.05) is 48.5 Å². The van der Waals surface area contributed by atoms with Crippen LogP contribution in [0.2, 0.25) is 0 Å². The first-order valence-corrected chi connectivity index (χ1v) is 8.34. The standard InChI is InChI=1S/C20H21NO4/c1-24-18-13-15(11-12-21-19(22)9-10-20(21)23)7-8-17(18)25-14-16-5-3-2-4-6-16/h2-8,13H,9-12,14H2,1H3. The Morgan fingerprint density at radius 3 is 2.32 bits per heavy atom. The van der Waals surface area contributed by atoms with Crippen LogP contribution in [0.3, 0.4) is 0 Å². The normalized spacial score (nSPS) is 14.0. The predicted molar refractivity (Wildman–Crippen MR) is 93.4 cm³/mol. The van der Waals surface area contributed by atoms with Gasteiger partial charge in [-0.3, -0.25) is 14.5 Å². The van der Waals surface area contributed by atoms with E-state index < -0.39 is 0 Å². The lowest BCUT2D eigenvalue weighted by molar-refractivity contribution is -0.138. The summed E-state index contributed by atoms with van der Waals surface area (Å²) in [5.74, 6) is 1.15. The zero-order valence-electron chi connectivity index (χ0n) is 14.2. The molecule has 3 rings (SSSR count). The number of nitrogens with zero attached hydrogens (tertiary/aromatic N) is 1. The highest BCUT2D eigenvalue weighted by Gasteiger charge is 2.28. The predicted octanol–water partition coefficient (Wildman–Crippen LogP) is 2.97. The largest absolute Gasteiger partial charge is 0.493 e. The van der Waals surface area contributed by atoms with Crippen molar-refractivity contribution in [2.24, 2.45) is 0 Å². The second kappa shape index (κ2) is 7.83. The van der Waals surface area contributed by atoms with Crippen molar-refractivity contribution in [3.05, 3.63) is 59.7 Å². The smallest absolute Gasteiger partial charge is 0.229 e. The van der Waals surface area contributed by atoms with Crippen LogP contribution in [-0.4, -0.2) is 30.4 Å². The number of benzene rings is 2. The molecule has 0 spiro atoms. The lowest BCUT2D eigenvalue weighted by atomic mass is 10.1. The second-order valence-electron chi connectivity index (χ2n) is 5.95. The van der Waals surface area contributed by atoms with Crippen LogP contribution in [0.5, 0.6) is 11.5 Å². The number of imide groups is 1. The van der Waals surface area contributed by atoms with Crippen molar-refractivity contribution < 1.29 is 19.1 Å². The quantitative estimate of drug-likeness (QED) is 0.728. The molecule has 0 saturated carbocycles. The second-order valence-corrected chi connectivity index (χ2v) is 5.95. The van der Waals surface area contributed by atoms with Crippen LogP contribution in [-0.2, 0) is 22.6 Å². The fourth-order valence-corrected chi connectivity index (χ4v) is 2.84. The molecule has 1 fully saturated rings. The molecule has 2 amide bonds. The Balaban J connectivity index is 1.63. The summed E-state index contributed by atoms with van der Waals surface area (Å²) >= 11 is 0. The number of ether oxygens (including phenoxy) is 2. The van der Waals surface area contributed by atoms with E-state index in [0.29, 0.717) is 43.9 Å². The highest BCUT2D eigenvalue weighted by Crippen LogP contribution is 2.29. The first kappa shape index (κ1) is 17.0. The minimum absolute atomic E-state index is 0.0835. The molecule has 0 aliphatic carbocycles. The van der Waals surface area contributed by atoms with Crippen LogP contribution in [0.15, 0.2) is 48.5 Å². The van der Waals surface area contributed by atoms with Crippen molar-refractivity contribution in [2.45, 2.75) is 25.9 Å². The summed E-state index contributed by atoms with van der Waals surface area (Å²) < 4.78 is 11.3. The van der Waals surface area contributed by atoms with Crippen LogP contribution < -0.4 is 9.47 Å². The molecule has 0 N–H and O–H groups in total. The van der Waals surface area contributed by atoms with Crippen LogP contribution in [0.25, 0.3) is 0 Å². The number of amides is 2. The molecule has 130 valence electrons. The van der Waals surface area contributed by atoms with Gasteiger partial charge in [0.25, 0.3) is 0 Å². The van der Waals surface area contributed by atoms with Crippen molar-refractivity contribution in [2.75, 3.05) is 13.7 Å². The van der Waals surface area contributed by atoms with Crippen LogP contribution in [0, 0.1) is 0 Å². The molecule has 2 aromatic rings. The van der Waals surface area contributed by atoms with Gasteiger partial charge in [-0.2, -0.15) is 0 Å². The summed E-state index contributed by atoms with van der Waals surface area (Å²) in [5.41, 5.74) is 2.08. The molecule has 2 aromatic carbocycles. The monoisotopic (exact) mass is 339 g/mol. The maximum absolute atomic E-state index is 11.7. The minimum atomic E-state index is -0.0835. The van der Waals surface area contributed by atoms with Crippen molar-refractivity contribution in [3.63, 3.8) is 0 Å². The molecule has 0 radical (unpaired) electrons. The van der Waals surface area contributed by atoms with E-state index in [1.165, 1.54) is 4.90 Å². The van der Waals surface area contributed by atoms with E-state index in [9.17, 15) is 9.59 Å². The first-order valence-electron chi connectivity index (χ1n) is 8.34. The zero-order chi connectivity index (χ0) is 17.6. The number of likely N-dealkylation sites (tertiary alicyclic amines) is 1. The number of carbonyl (C=O) groups is 2. The summed E-state index contributed by atoms with van der Waals surface area (Å²) in [5, 5.41) is 0. The van der Waals surface area contributed by atoms with E-state index >= 15 is 0 Å². The number of carbonyl (C=O) groups excluding carboxylic acids is 2. The molecule has 1 aliphatic heterocycles. The molecular formula is C20H21NO4. The van der Waals surface area contributed by atoms with Crippen LogP contribution >= 0.6 is 0 Å². The minimum Gasteiger partial charge on any atom is -0.493 e. The summed E-state index contributed by atoms with van der Waals surface area (Å²) in [6.45, 7) is 0.873. The van der Waals surface area contributed by atoms with Crippen molar-refractivity contribution in [3.8, 4) is 11.5 Å². The molecule has 0 aromatic heterocycles. The summed E-state index contributed by atoms with van der Waals surface area (Å²) in [6.07, 6.45) is 1.26. The highest BCUT2D eigenvalue weighted by atomic mass is 16.5. The summed E-state index contributed by atoms with van der Waals surface area (Å²) in [6, 6.07) is 15.6. The van der Waals surface area contributed by atoms with Crippen molar-refractivity contribution >= 4 is 11.8 Å². The summed E-state index contributed by atoms with van der Waals surface area (Å²) in [4.78, 5) is 24.7. The van der Waals surface area contributed by atoms with Gasteiger partial charge in [-0.25, -0.2) is 0 Å². The topological polar surface area (TPSA) is 55.8 Å². The van der Waals surface area contributed by atoms with Gasteiger partial charge in [-0.05, 0) is 29.7 Å². The van der Waals surface area contributed by atoms with Crippen LogP contribution in [0.1, 0.15) is 24.0 Å². The molecule has 25 heavy (non-hydrogen) atoms. The third-order valence-corrected chi connectivity index (χ3v) is 4.24. The van der Waals surface area contributed by atoms with E-state index in [2.05, 4.69) is 0 Å². The molecule has 1 heterocycles. The van der Waals surface area contributed by atoms with Crippen molar-refractivity contribution in [1.29, 1.82) is 0 Å². The van der Waals surface area contributed by atoms with E-state index in [4.69, 9.17) is 9.47 Å². The number of rotatable bonds is 7. The van der Waals surface area contributed by atoms with Gasteiger partial charge >= 0.3 is 0 Å². The maximum Gasteiger partial charge on any atom is 0.229 e. The van der Waals surface area contributed by atoms with E-state index in [1.54, 1.807) is 7.11 Å². The van der Waals surface area contributed by atoms with Gasteiger partial charge in [0.1, 0.15) is 6.61 Å². The fraction of sp³-hybridized carbons (Fsp3) is 0.300. The maximum atomic E-state index is 11.7. The van der Waals surface area contributed by atoms with Gasteiger partial charge in [0.2, 0.25) is 11.8 Å². The molecule has 0 atom stereocenters. The number of hydrogen-bond acceptors (Lipinski definition) is 4. The van der Waals surface area contributed by atoms with Gasteiger partial charge in [0.15, 0.2) is 11.5 Å². The average Bonchev–Trinajstić information content (AvgIpc) is 2.97. The molecule has 5 nitrogen and oxygen atoms in total. The molecule has 1 aliphatic rings. The molecule has 1 saturated heterocycles. The zero-order valence-corrected chi connectivity index (χ0v) is 14.2. The average molecular weight is 339 g/mol. The van der Waals surface area contributed by atoms with Gasteiger partial charge in [-0.1, -0.05) is 36.4 Å². The van der Waals surface area contributed by atoms with Gasteiger partial charge < -0.3 is 9.47 Å². The van der Waals surface area contributed by atoms with Gasteiger partial charge in [0.05, 0.1) is 7.11 Å². The molecule has 5 heteroatoms. The Kier molecular flexibility index (Phi) is 5.33. The number of hydrogen-bond donors (Lipinski definition) is 0. The van der Waals surface area contributed by atoms with Gasteiger partial charge in [0, 0.05) is 19.4 Å². The Morgan fingerprint density at radius 2 is 1.64 bits per heavy atom. The third-order valence-electron chi connectivity index (χ3n) is 4.24. The fourth-order valence-electron chi connectivity index (χ4n) is 2.84. The highest BCUT2D eigenvalue weighted by molar-refractivity contribution is 6.01. The van der Waals surface area contributed by atoms with Gasteiger partial charge in [-0.15, -0.1) is 0 Å². The molecular weight excluding hydrogens is 318 g/mol. The Labute approximate surface area is 147 Å². The van der Waals surface area contributed by atoms with E-state index in [-0.39, 0.29) is 11.8 Å². The SMILES string of the molecule is COc1cc(CCN2C(=O)CCC2=O)ccc1OCc1ccccc1. The Bertz CT molecular complexity index is 742. The Hall–Kier alpha value is -2.82. The van der Waals surface area contributed by atoms with Crippen LogP contribution in [0.4, 0.5) is 0 Å². The van der Waals surface area contributed by atoms with Crippen molar-refractivity contribution in [1.82, 2.24) is 4.90 Å². The lowest BCUT2D eigenvalue weighted by Crippen LogP contribution is -2.31.